The third-order valence-corrected chi connectivity index (χ3v) is 14.2. The number of anilines is 5. The highest BCUT2D eigenvalue weighted by Gasteiger charge is 2.26. The van der Waals surface area contributed by atoms with Gasteiger partial charge in [0.05, 0.1) is 94.9 Å². The molecule has 5 heterocycles. The fourth-order valence-corrected chi connectivity index (χ4v) is 10.1. The predicted octanol–water partition coefficient (Wildman–Crippen LogP) is 6.67. The molecule has 2 aromatic carbocycles. The Labute approximate surface area is 446 Å². The molecular weight excluding hydrogens is 991 g/mol. The van der Waals surface area contributed by atoms with E-state index >= 15 is 0 Å². The lowest BCUT2D eigenvalue weighted by Crippen LogP contribution is -2.49. The van der Waals surface area contributed by atoms with E-state index in [4.69, 9.17) is 28.7 Å². The number of rotatable bonds is 29. The number of carbonyl (C=O) groups excluding carboxylic acids is 3. The second-order valence-electron chi connectivity index (χ2n) is 18.6. The highest BCUT2D eigenvalue weighted by atomic mass is 32.1. The van der Waals surface area contributed by atoms with Crippen LogP contribution in [0.25, 0.3) is 21.5 Å². The number of nitrogens with zero attached hydrogens (tertiary/aromatic N) is 7. The zero-order valence-corrected chi connectivity index (χ0v) is 44.5. The monoisotopic (exact) mass is 1060 g/mol. The Balaban J connectivity index is 0.595. The third-order valence-electron chi connectivity index (χ3n) is 13.2. The van der Waals surface area contributed by atoms with E-state index in [0.29, 0.717) is 125 Å². The van der Waals surface area contributed by atoms with Crippen molar-refractivity contribution in [2.75, 3.05) is 133 Å². The van der Waals surface area contributed by atoms with Gasteiger partial charge in [-0.15, -0.1) is 0 Å². The standard InChI is InChI=1S/C55H69N11O9S/c1-38-33-42(13-15-45(38)52(69)63-55-60-36-47(76-55)41-9-5-4-6-10-41)56-17-23-71-25-27-73-29-31-75-32-30-74-28-26-72-24-18-57-49(68)37-64-19-21-65(22-20-64)44-14-16-48(58-34-44)61-54-59-35-46-39(2)50(40(3)67)53(70)66(51(46)62-54)43-11-7-8-12-43/h4-6,9-10,13-16,33-36,43,56H,7-8,11-12,17-32,37H2,1-3H3,(H,57,68)(H,60,63,69)(H,58,59,61,62). The zero-order chi connectivity index (χ0) is 53.1. The molecule has 0 atom stereocenters. The molecule has 76 heavy (non-hydrogen) atoms. The van der Waals surface area contributed by atoms with Crippen molar-refractivity contribution < 1.29 is 38.1 Å². The van der Waals surface area contributed by atoms with Gasteiger partial charge in [-0.3, -0.25) is 34.0 Å². The number of fused-ring (bicyclic) bond motifs is 1. The number of pyridine rings is 2. The smallest absolute Gasteiger partial charge is 0.263 e. The van der Waals surface area contributed by atoms with E-state index in [1.807, 2.05) is 73.8 Å². The van der Waals surface area contributed by atoms with Gasteiger partial charge in [-0.1, -0.05) is 54.5 Å². The van der Waals surface area contributed by atoms with Crippen molar-refractivity contribution in [3.05, 3.63) is 112 Å². The Morgan fingerprint density at radius 3 is 2.05 bits per heavy atom. The van der Waals surface area contributed by atoms with Crippen molar-refractivity contribution in [2.45, 2.75) is 52.5 Å². The minimum absolute atomic E-state index is 0.00167. The summed E-state index contributed by atoms with van der Waals surface area (Å²) in [5.74, 6) is 0.410. The Kier molecular flexibility index (Phi) is 20.8. The molecule has 2 amide bonds. The fourth-order valence-electron chi connectivity index (χ4n) is 9.27. The van der Waals surface area contributed by atoms with Crippen LogP contribution in [0.3, 0.4) is 0 Å². The normalized spacial score (nSPS) is 14.1. The molecule has 2 fully saturated rings. The molecular formula is C55H69N11O9S. The van der Waals surface area contributed by atoms with E-state index in [9.17, 15) is 19.2 Å². The molecule has 1 saturated carbocycles. The highest BCUT2D eigenvalue weighted by Crippen LogP contribution is 2.33. The molecule has 404 valence electrons. The molecule has 20 nitrogen and oxygen atoms in total. The summed E-state index contributed by atoms with van der Waals surface area (Å²) in [5, 5.41) is 13.6. The summed E-state index contributed by atoms with van der Waals surface area (Å²) in [6, 6.07) is 19.5. The number of carbonyl (C=O) groups is 3. The molecule has 0 bridgehead atoms. The minimum Gasteiger partial charge on any atom is -0.383 e. The molecule has 1 saturated heterocycles. The van der Waals surface area contributed by atoms with Gasteiger partial charge in [-0.05, 0) is 80.6 Å². The van der Waals surface area contributed by atoms with Crippen LogP contribution in [0.2, 0.25) is 0 Å². The van der Waals surface area contributed by atoms with Crippen molar-refractivity contribution in [3.8, 4) is 10.4 Å². The summed E-state index contributed by atoms with van der Waals surface area (Å²) in [7, 11) is 0. The summed E-state index contributed by atoms with van der Waals surface area (Å²) in [6.45, 7) is 14.0. The average Bonchev–Trinajstić information content (AvgIpc) is 4.17. The summed E-state index contributed by atoms with van der Waals surface area (Å²) in [4.78, 5) is 75.3. The molecule has 1 aliphatic heterocycles. The van der Waals surface area contributed by atoms with E-state index in [2.05, 4.69) is 46.0 Å². The van der Waals surface area contributed by atoms with E-state index < -0.39 is 0 Å². The van der Waals surface area contributed by atoms with Crippen LogP contribution >= 0.6 is 11.3 Å². The SMILES string of the molecule is CC(=O)c1c(C)c2cnc(Nc3ccc(N4CCN(CC(=O)NCCOCCOCCOCCOCCOCCNc5ccc(C(=O)Nc6ncc(-c7ccccc7)s6)c(C)c5)CC4)cn3)nc2n(C2CCCC2)c1=O. The van der Waals surface area contributed by atoms with Crippen LogP contribution in [0.5, 0.6) is 0 Å². The number of amides is 2. The molecule has 4 N–H and O–H groups in total. The Morgan fingerprint density at radius 1 is 0.737 bits per heavy atom. The van der Waals surface area contributed by atoms with Crippen LogP contribution < -0.4 is 31.7 Å². The van der Waals surface area contributed by atoms with Crippen molar-refractivity contribution in [1.82, 2.24) is 34.7 Å². The predicted molar refractivity (Wildman–Crippen MR) is 294 cm³/mol. The van der Waals surface area contributed by atoms with Crippen molar-refractivity contribution in [1.29, 1.82) is 0 Å². The van der Waals surface area contributed by atoms with Crippen molar-refractivity contribution in [2.24, 2.45) is 0 Å². The largest absolute Gasteiger partial charge is 0.383 e. The van der Waals surface area contributed by atoms with Gasteiger partial charge >= 0.3 is 0 Å². The number of hydrogen-bond acceptors (Lipinski definition) is 18. The van der Waals surface area contributed by atoms with Crippen molar-refractivity contribution >= 4 is 68.2 Å². The van der Waals surface area contributed by atoms with Gasteiger partial charge in [0.15, 0.2) is 10.9 Å². The first-order valence-corrected chi connectivity index (χ1v) is 26.9. The van der Waals surface area contributed by atoms with Gasteiger partial charge in [0, 0.05) is 74.3 Å². The molecule has 0 spiro atoms. The number of hydrogen-bond donors (Lipinski definition) is 4. The van der Waals surface area contributed by atoms with Crippen LogP contribution in [0, 0.1) is 13.8 Å². The van der Waals surface area contributed by atoms with E-state index in [-0.39, 0.29) is 34.8 Å². The number of ketones is 1. The number of Topliss-reactive ketones (excluding diaryl/α,β-unsaturated/α-hetero) is 1. The Bertz CT molecular complexity index is 2910. The van der Waals surface area contributed by atoms with Crippen LogP contribution in [-0.4, -0.2) is 159 Å². The van der Waals surface area contributed by atoms with Gasteiger partial charge in [0.1, 0.15) is 11.5 Å². The molecule has 21 heteroatoms. The highest BCUT2D eigenvalue weighted by molar-refractivity contribution is 7.19. The maximum atomic E-state index is 13.6. The Hall–Kier alpha value is -6.72. The molecule has 0 radical (unpaired) electrons. The summed E-state index contributed by atoms with van der Waals surface area (Å²) in [6.07, 6.45) is 9.07. The van der Waals surface area contributed by atoms with E-state index in [1.165, 1.54) is 18.3 Å². The lowest BCUT2D eigenvalue weighted by molar-refractivity contribution is -0.122. The first-order valence-electron chi connectivity index (χ1n) is 26.1. The average molecular weight is 1060 g/mol. The van der Waals surface area contributed by atoms with Gasteiger partial charge in [0.2, 0.25) is 11.9 Å². The van der Waals surface area contributed by atoms with Crippen LogP contribution in [0.1, 0.15) is 70.5 Å². The zero-order valence-electron chi connectivity index (χ0n) is 43.6. The maximum Gasteiger partial charge on any atom is 0.263 e. The topological polar surface area (TPSA) is 226 Å². The first kappa shape index (κ1) is 55.5. The van der Waals surface area contributed by atoms with Gasteiger partial charge < -0.3 is 44.5 Å². The number of ether oxygens (including phenoxy) is 5. The number of thiazole rings is 1. The molecule has 2 aliphatic rings. The van der Waals surface area contributed by atoms with Crippen LogP contribution in [-0.2, 0) is 28.5 Å². The van der Waals surface area contributed by atoms with E-state index in [0.717, 1.165) is 79.2 Å². The number of aryl methyl sites for hydroxylation is 2. The second-order valence-corrected chi connectivity index (χ2v) is 19.6. The molecule has 6 aromatic rings. The van der Waals surface area contributed by atoms with Gasteiger partial charge in [0.25, 0.3) is 11.5 Å². The third kappa shape index (κ3) is 15.7. The van der Waals surface area contributed by atoms with E-state index in [1.54, 1.807) is 23.9 Å². The maximum absolute atomic E-state index is 13.6. The van der Waals surface area contributed by atoms with Gasteiger partial charge in [-0.2, -0.15) is 4.98 Å². The lowest BCUT2D eigenvalue weighted by atomic mass is 10.0. The molecule has 1 aliphatic carbocycles. The lowest BCUT2D eigenvalue weighted by Gasteiger charge is -2.35. The molecule has 8 rings (SSSR count). The molecule has 4 aromatic heterocycles. The number of aromatic nitrogens is 5. The number of nitrogens with one attached hydrogen (secondary N) is 4. The minimum atomic E-state index is -0.284. The number of piperazine rings is 1. The molecule has 0 unspecified atom stereocenters. The van der Waals surface area contributed by atoms with Crippen LogP contribution in [0.4, 0.5) is 28.3 Å². The van der Waals surface area contributed by atoms with Crippen molar-refractivity contribution in [3.63, 3.8) is 0 Å². The first-order chi connectivity index (χ1) is 37.1. The summed E-state index contributed by atoms with van der Waals surface area (Å²) in [5.41, 5.74) is 5.46. The second kappa shape index (κ2) is 28.4. The fraction of sp³-hybridized carbons (Fsp3) is 0.455. The summed E-state index contributed by atoms with van der Waals surface area (Å²) >= 11 is 1.44. The summed E-state index contributed by atoms with van der Waals surface area (Å²) < 4.78 is 29.8. The van der Waals surface area contributed by atoms with Gasteiger partial charge in [-0.25, -0.2) is 15.0 Å². The quantitative estimate of drug-likeness (QED) is 0.0284. The van der Waals surface area contributed by atoms with Crippen LogP contribution in [0.15, 0.2) is 84.0 Å². The Morgan fingerprint density at radius 2 is 1.41 bits per heavy atom. The number of benzene rings is 2.